The maximum atomic E-state index is 13.5. The zero-order valence-corrected chi connectivity index (χ0v) is 22.7. The van der Waals surface area contributed by atoms with E-state index >= 15 is 0 Å². The van der Waals surface area contributed by atoms with Crippen molar-refractivity contribution < 1.29 is 26.4 Å². The first-order valence-electron chi connectivity index (χ1n) is 11.9. The van der Waals surface area contributed by atoms with E-state index in [9.17, 15) is 26.4 Å². The minimum absolute atomic E-state index is 0.0100. The largest absolute Gasteiger partial charge is 0.416 e. The summed E-state index contributed by atoms with van der Waals surface area (Å²) >= 11 is 12.0. The number of rotatable bonds is 6. The van der Waals surface area contributed by atoms with Crippen LogP contribution in [-0.2, 0) is 27.5 Å². The second-order valence-corrected chi connectivity index (χ2v) is 12.7. The smallest absolute Gasteiger partial charge is 0.319 e. The van der Waals surface area contributed by atoms with E-state index in [0.29, 0.717) is 12.0 Å². The van der Waals surface area contributed by atoms with Crippen molar-refractivity contribution in [2.45, 2.75) is 62.4 Å². The number of benzene rings is 2. The van der Waals surface area contributed by atoms with Crippen molar-refractivity contribution in [3.8, 4) is 0 Å². The van der Waals surface area contributed by atoms with Crippen LogP contribution >= 0.6 is 23.2 Å². The number of halogens is 5. The van der Waals surface area contributed by atoms with Gasteiger partial charge < -0.3 is 4.90 Å². The van der Waals surface area contributed by atoms with Crippen LogP contribution in [0.1, 0.15) is 44.2 Å². The highest BCUT2D eigenvalue weighted by Gasteiger charge is 2.52. The summed E-state index contributed by atoms with van der Waals surface area (Å²) in [4.78, 5) is 15.1. The van der Waals surface area contributed by atoms with Gasteiger partial charge in [0, 0.05) is 19.6 Å². The predicted molar refractivity (Wildman–Crippen MR) is 136 cm³/mol. The molecule has 37 heavy (non-hydrogen) atoms. The number of carbonyl (C=O) groups is 1. The maximum absolute atomic E-state index is 13.5. The SMILES string of the molecule is CC(C)C[C@@H]1NC2(CCN(S(=O)(=O)c3ccc(Cl)c(Cl)c3)CC2)N(Cc2cccc(C(F)(F)F)c2)C1=O. The number of nitrogens with zero attached hydrogens (tertiary/aromatic N) is 2. The first-order valence-corrected chi connectivity index (χ1v) is 14.1. The molecule has 0 aliphatic carbocycles. The van der Waals surface area contributed by atoms with Crippen molar-refractivity contribution in [2.24, 2.45) is 5.92 Å². The second-order valence-electron chi connectivity index (χ2n) is 9.96. The predicted octanol–water partition coefficient (Wildman–Crippen LogP) is 5.54. The molecule has 1 spiro atoms. The standard InChI is InChI=1S/C25H28Cl2F3N3O3S/c1-16(2)12-22-23(34)33(15-17-4-3-5-18(13-17)25(28,29)30)24(31-22)8-10-32(11-9-24)37(35,36)19-6-7-20(26)21(27)14-19/h3-7,13-14,16,22,31H,8-12,15H2,1-2H3/t22-/m0/s1. The van der Waals surface area contributed by atoms with E-state index in [2.05, 4.69) is 5.32 Å². The number of hydrogen-bond donors (Lipinski definition) is 1. The molecule has 2 aliphatic heterocycles. The highest BCUT2D eigenvalue weighted by molar-refractivity contribution is 7.89. The monoisotopic (exact) mass is 577 g/mol. The summed E-state index contributed by atoms with van der Waals surface area (Å²) in [6.07, 6.45) is -3.37. The molecule has 0 unspecified atom stereocenters. The number of hydrogen-bond acceptors (Lipinski definition) is 4. The lowest BCUT2D eigenvalue weighted by Crippen LogP contribution is -2.59. The van der Waals surface area contributed by atoms with Gasteiger partial charge in [0.15, 0.2) is 0 Å². The molecule has 12 heteroatoms. The van der Waals surface area contributed by atoms with Crippen LogP contribution in [0.15, 0.2) is 47.4 Å². The molecule has 0 radical (unpaired) electrons. The van der Waals surface area contributed by atoms with Crippen molar-refractivity contribution >= 4 is 39.1 Å². The van der Waals surface area contributed by atoms with Gasteiger partial charge in [-0.15, -0.1) is 0 Å². The quantitative estimate of drug-likeness (QED) is 0.489. The first-order chi connectivity index (χ1) is 17.2. The third-order valence-corrected chi connectivity index (χ3v) is 9.54. The zero-order valence-electron chi connectivity index (χ0n) is 20.4. The molecule has 2 aliphatic rings. The van der Waals surface area contributed by atoms with Gasteiger partial charge in [0.25, 0.3) is 0 Å². The van der Waals surface area contributed by atoms with E-state index in [1.165, 1.54) is 28.6 Å². The molecule has 2 saturated heterocycles. The Kier molecular flexibility index (Phi) is 7.90. The van der Waals surface area contributed by atoms with Crippen LogP contribution in [0.3, 0.4) is 0 Å². The Balaban J connectivity index is 1.59. The van der Waals surface area contributed by atoms with Crippen LogP contribution in [0, 0.1) is 5.92 Å². The molecule has 0 aromatic heterocycles. The van der Waals surface area contributed by atoms with E-state index in [1.807, 2.05) is 13.8 Å². The van der Waals surface area contributed by atoms with Gasteiger partial charge in [0.1, 0.15) is 0 Å². The number of piperidine rings is 1. The molecule has 0 saturated carbocycles. The van der Waals surface area contributed by atoms with E-state index < -0.39 is 33.5 Å². The van der Waals surface area contributed by atoms with Crippen LogP contribution in [-0.4, -0.2) is 48.3 Å². The van der Waals surface area contributed by atoms with E-state index in [0.717, 1.165) is 12.1 Å². The van der Waals surface area contributed by atoms with Crippen LogP contribution < -0.4 is 5.32 Å². The van der Waals surface area contributed by atoms with Gasteiger partial charge >= 0.3 is 6.18 Å². The first kappa shape index (κ1) is 28.2. The maximum Gasteiger partial charge on any atom is 0.416 e. The Morgan fingerprint density at radius 3 is 2.35 bits per heavy atom. The van der Waals surface area contributed by atoms with E-state index in [4.69, 9.17) is 23.2 Å². The minimum Gasteiger partial charge on any atom is -0.319 e. The summed E-state index contributed by atoms with van der Waals surface area (Å²) in [5.74, 6) is 0.0222. The van der Waals surface area contributed by atoms with Gasteiger partial charge in [-0.25, -0.2) is 8.42 Å². The molecule has 6 nitrogen and oxygen atoms in total. The highest BCUT2D eigenvalue weighted by Crippen LogP contribution is 2.38. The average Bonchev–Trinajstić information content (AvgIpc) is 3.05. The third-order valence-electron chi connectivity index (χ3n) is 6.90. The molecule has 202 valence electrons. The fraction of sp³-hybridized carbons (Fsp3) is 0.480. The average molecular weight is 578 g/mol. The molecule has 4 rings (SSSR count). The van der Waals surface area contributed by atoms with Crippen molar-refractivity contribution in [1.82, 2.24) is 14.5 Å². The Morgan fingerprint density at radius 1 is 1.08 bits per heavy atom. The Morgan fingerprint density at radius 2 is 1.76 bits per heavy atom. The number of carbonyl (C=O) groups excluding carboxylic acids is 1. The number of alkyl halides is 3. The van der Waals surface area contributed by atoms with Gasteiger partial charge in [-0.3, -0.25) is 10.1 Å². The van der Waals surface area contributed by atoms with Gasteiger partial charge in [-0.1, -0.05) is 49.2 Å². The molecular weight excluding hydrogens is 550 g/mol. The fourth-order valence-electron chi connectivity index (χ4n) is 5.05. The van der Waals surface area contributed by atoms with E-state index in [1.54, 1.807) is 11.0 Å². The van der Waals surface area contributed by atoms with Gasteiger partial charge in [0.2, 0.25) is 15.9 Å². The van der Waals surface area contributed by atoms with E-state index in [-0.39, 0.29) is 59.2 Å². The topological polar surface area (TPSA) is 69.7 Å². The number of amides is 1. The number of sulfonamides is 1. The van der Waals surface area contributed by atoms with Crippen LogP contribution in [0.2, 0.25) is 10.0 Å². The van der Waals surface area contributed by atoms with Crippen LogP contribution in [0.4, 0.5) is 13.2 Å². The molecule has 1 N–H and O–H groups in total. The van der Waals surface area contributed by atoms with Crippen molar-refractivity contribution in [2.75, 3.05) is 13.1 Å². The summed E-state index contributed by atoms with van der Waals surface area (Å²) in [6, 6.07) is 8.57. The molecule has 2 aromatic carbocycles. The molecule has 2 aromatic rings. The lowest BCUT2D eigenvalue weighted by atomic mass is 9.96. The lowest BCUT2D eigenvalue weighted by Gasteiger charge is -2.44. The van der Waals surface area contributed by atoms with Gasteiger partial charge in [-0.05, 0) is 61.1 Å². The summed E-state index contributed by atoms with van der Waals surface area (Å²) in [5.41, 5.74) is -1.28. The molecule has 1 atom stereocenters. The summed E-state index contributed by atoms with van der Waals surface area (Å²) in [7, 11) is -3.86. The normalized spacial score (nSPS) is 20.8. The lowest BCUT2D eigenvalue weighted by molar-refractivity contribution is -0.137. The van der Waals surface area contributed by atoms with Crippen LogP contribution in [0.25, 0.3) is 0 Å². The van der Waals surface area contributed by atoms with Gasteiger partial charge in [-0.2, -0.15) is 17.5 Å². The van der Waals surface area contributed by atoms with Crippen molar-refractivity contribution in [1.29, 1.82) is 0 Å². The molecule has 0 bridgehead atoms. The second kappa shape index (κ2) is 10.4. The minimum atomic E-state index is -4.49. The third kappa shape index (κ3) is 5.78. The van der Waals surface area contributed by atoms with Crippen molar-refractivity contribution in [3.63, 3.8) is 0 Å². The summed E-state index contributed by atoms with van der Waals surface area (Å²) < 4.78 is 67.7. The zero-order chi connectivity index (χ0) is 27.2. The van der Waals surface area contributed by atoms with Crippen molar-refractivity contribution in [3.05, 3.63) is 63.6 Å². The molecule has 1 amide bonds. The summed E-state index contributed by atoms with van der Waals surface area (Å²) in [5, 5.41) is 3.80. The Labute approximate surface area is 224 Å². The molecule has 2 fully saturated rings. The van der Waals surface area contributed by atoms with Crippen LogP contribution in [0.5, 0.6) is 0 Å². The Hall–Kier alpha value is -1.85. The fourth-order valence-corrected chi connectivity index (χ4v) is 6.88. The summed E-state index contributed by atoms with van der Waals surface area (Å²) in [6.45, 7) is 4.21. The molecular formula is C25H28Cl2F3N3O3S. The highest BCUT2D eigenvalue weighted by atomic mass is 35.5. The van der Waals surface area contributed by atoms with Gasteiger partial charge in [0.05, 0.1) is 32.2 Å². The number of nitrogens with one attached hydrogen (secondary N) is 1. The molecule has 2 heterocycles. The Bertz CT molecular complexity index is 1280.